The second-order valence-electron chi connectivity index (χ2n) is 4.25. The largest absolute Gasteiger partial charge is 0.386 e. The molecule has 1 saturated heterocycles. The first-order chi connectivity index (χ1) is 7.66. The van der Waals surface area contributed by atoms with E-state index in [2.05, 4.69) is 12.2 Å². The Morgan fingerprint density at radius 2 is 2.31 bits per heavy atom. The van der Waals surface area contributed by atoms with Crippen molar-refractivity contribution >= 4 is 11.9 Å². The van der Waals surface area contributed by atoms with Gasteiger partial charge in [-0.05, 0) is 25.7 Å². The number of nitrogens with zero attached hydrogens (tertiary/aromatic N) is 1. The summed E-state index contributed by atoms with van der Waals surface area (Å²) in [6, 6.07) is -0.274. The number of nitrogens with two attached hydrogens (primary N) is 1. The molecule has 2 amide bonds. The summed E-state index contributed by atoms with van der Waals surface area (Å²) < 4.78 is 0. The first kappa shape index (κ1) is 12.8. The van der Waals surface area contributed by atoms with Crippen LogP contribution in [-0.2, 0) is 0 Å². The van der Waals surface area contributed by atoms with Gasteiger partial charge in [-0.1, -0.05) is 13.3 Å². The Labute approximate surface area is 96.9 Å². The third kappa shape index (κ3) is 3.40. The molecule has 5 nitrogen and oxygen atoms in total. The van der Waals surface area contributed by atoms with Gasteiger partial charge in [0.1, 0.15) is 5.84 Å². The fourth-order valence-corrected chi connectivity index (χ4v) is 1.97. The van der Waals surface area contributed by atoms with Crippen molar-refractivity contribution in [1.82, 2.24) is 10.2 Å². The van der Waals surface area contributed by atoms with Gasteiger partial charge >= 0.3 is 6.03 Å². The van der Waals surface area contributed by atoms with Crippen LogP contribution < -0.4 is 11.1 Å². The average Bonchev–Trinajstić information content (AvgIpc) is 2.29. The highest BCUT2D eigenvalue weighted by atomic mass is 16.2. The van der Waals surface area contributed by atoms with Crippen molar-refractivity contribution in [2.24, 2.45) is 5.73 Å². The average molecular weight is 226 g/mol. The molecule has 1 aliphatic rings. The Bertz CT molecular complexity index is 254. The molecule has 1 heterocycles. The van der Waals surface area contributed by atoms with Gasteiger partial charge in [0.15, 0.2) is 0 Å². The van der Waals surface area contributed by atoms with Crippen molar-refractivity contribution in [3.05, 3.63) is 0 Å². The molecule has 0 aromatic heterocycles. The molecular formula is C11H22N4O. The fourth-order valence-electron chi connectivity index (χ4n) is 1.97. The van der Waals surface area contributed by atoms with Crippen LogP contribution in [0.5, 0.6) is 0 Å². The van der Waals surface area contributed by atoms with Crippen LogP contribution in [0.25, 0.3) is 0 Å². The predicted molar refractivity (Wildman–Crippen MR) is 64.6 cm³/mol. The molecule has 0 radical (unpaired) electrons. The van der Waals surface area contributed by atoms with E-state index >= 15 is 0 Å². The minimum absolute atomic E-state index is 0.0756. The molecule has 92 valence electrons. The quantitative estimate of drug-likeness (QED) is 0.383. The fraction of sp³-hybridized carbons (Fsp3) is 0.818. The summed E-state index contributed by atoms with van der Waals surface area (Å²) in [5.41, 5.74) is 5.51. The Morgan fingerprint density at radius 1 is 1.56 bits per heavy atom. The second kappa shape index (κ2) is 6.35. The number of rotatable bonds is 4. The number of nitrogens with one attached hydrogen (secondary N) is 2. The van der Waals surface area contributed by atoms with Gasteiger partial charge in [-0.2, -0.15) is 0 Å². The van der Waals surface area contributed by atoms with Gasteiger partial charge in [0.2, 0.25) is 0 Å². The van der Waals surface area contributed by atoms with Crippen LogP contribution >= 0.6 is 0 Å². The lowest BCUT2D eigenvalue weighted by Gasteiger charge is -2.34. The number of amides is 2. The SMILES string of the molecule is CCCCNC(=O)N1CCCCC1C(=N)N. The van der Waals surface area contributed by atoms with Crippen molar-refractivity contribution in [1.29, 1.82) is 5.41 Å². The molecule has 0 bridgehead atoms. The molecule has 1 fully saturated rings. The number of hydrogen-bond acceptors (Lipinski definition) is 2. The Kier molecular flexibility index (Phi) is 5.08. The van der Waals surface area contributed by atoms with E-state index in [4.69, 9.17) is 11.1 Å². The third-order valence-electron chi connectivity index (χ3n) is 2.93. The maximum Gasteiger partial charge on any atom is 0.318 e. The number of piperidine rings is 1. The zero-order valence-corrected chi connectivity index (χ0v) is 9.96. The molecule has 5 heteroatoms. The van der Waals surface area contributed by atoms with Crippen molar-refractivity contribution in [2.75, 3.05) is 13.1 Å². The lowest BCUT2D eigenvalue weighted by molar-refractivity contribution is 0.172. The van der Waals surface area contributed by atoms with E-state index in [1.165, 1.54) is 0 Å². The molecule has 1 atom stereocenters. The maximum atomic E-state index is 11.9. The van der Waals surface area contributed by atoms with E-state index in [9.17, 15) is 4.79 Å². The highest BCUT2D eigenvalue weighted by molar-refractivity contribution is 5.87. The molecule has 1 aliphatic heterocycles. The van der Waals surface area contributed by atoms with Crippen LogP contribution in [0, 0.1) is 5.41 Å². The third-order valence-corrected chi connectivity index (χ3v) is 2.93. The van der Waals surface area contributed by atoms with Crippen LogP contribution in [0.4, 0.5) is 4.79 Å². The summed E-state index contributed by atoms with van der Waals surface area (Å²) in [4.78, 5) is 13.5. The van der Waals surface area contributed by atoms with Gasteiger partial charge in [-0.15, -0.1) is 0 Å². The molecule has 0 aromatic carbocycles. The summed E-state index contributed by atoms with van der Waals surface area (Å²) in [5.74, 6) is 0.102. The van der Waals surface area contributed by atoms with Gasteiger partial charge in [0.05, 0.1) is 6.04 Å². The standard InChI is InChI=1S/C11H22N4O/c1-2-3-7-14-11(16)15-8-5-4-6-9(15)10(12)13/h9H,2-8H2,1H3,(H3,12,13)(H,14,16). The number of carbonyl (C=O) groups is 1. The van der Waals surface area contributed by atoms with E-state index in [0.29, 0.717) is 13.1 Å². The first-order valence-electron chi connectivity index (χ1n) is 6.05. The zero-order valence-electron chi connectivity index (χ0n) is 9.96. The summed E-state index contributed by atoms with van der Waals surface area (Å²) in [6.07, 6.45) is 4.92. The Balaban J connectivity index is 2.47. The van der Waals surface area contributed by atoms with Crippen molar-refractivity contribution in [3.8, 4) is 0 Å². The lowest BCUT2D eigenvalue weighted by Crippen LogP contribution is -2.53. The van der Waals surface area contributed by atoms with Gasteiger partial charge in [0.25, 0.3) is 0 Å². The summed E-state index contributed by atoms with van der Waals surface area (Å²) >= 11 is 0. The van der Waals surface area contributed by atoms with E-state index in [0.717, 1.165) is 32.1 Å². The van der Waals surface area contributed by atoms with Gasteiger partial charge in [-0.3, -0.25) is 5.41 Å². The smallest absolute Gasteiger partial charge is 0.318 e. The first-order valence-corrected chi connectivity index (χ1v) is 6.05. The number of amidine groups is 1. The molecule has 1 rings (SSSR count). The number of carbonyl (C=O) groups excluding carboxylic acids is 1. The summed E-state index contributed by atoms with van der Waals surface area (Å²) in [6.45, 7) is 3.50. The summed E-state index contributed by atoms with van der Waals surface area (Å²) in [5, 5.41) is 10.4. The lowest BCUT2D eigenvalue weighted by atomic mass is 10.0. The second-order valence-corrected chi connectivity index (χ2v) is 4.25. The maximum absolute atomic E-state index is 11.9. The zero-order chi connectivity index (χ0) is 12.0. The topological polar surface area (TPSA) is 82.2 Å². The number of hydrogen-bond donors (Lipinski definition) is 3. The van der Waals surface area contributed by atoms with Gasteiger partial charge in [0, 0.05) is 13.1 Å². The molecular weight excluding hydrogens is 204 g/mol. The van der Waals surface area contributed by atoms with E-state index in [-0.39, 0.29) is 17.9 Å². The van der Waals surface area contributed by atoms with Crippen molar-refractivity contribution in [2.45, 2.75) is 45.1 Å². The monoisotopic (exact) mass is 226 g/mol. The molecule has 0 saturated carbocycles. The van der Waals surface area contributed by atoms with E-state index < -0.39 is 0 Å². The van der Waals surface area contributed by atoms with Gasteiger partial charge < -0.3 is 16.0 Å². The highest BCUT2D eigenvalue weighted by Crippen LogP contribution is 2.16. The number of likely N-dealkylation sites (tertiary alicyclic amines) is 1. The van der Waals surface area contributed by atoms with Crippen LogP contribution in [0.2, 0.25) is 0 Å². The van der Waals surface area contributed by atoms with Crippen molar-refractivity contribution in [3.63, 3.8) is 0 Å². The molecule has 1 unspecified atom stereocenters. The van der Waals surface area contributed by atoms with Crippen molar-refractivity contribution < 1.29 is 4.79 Å². The van der Waals surface area contributed by atoms with Gasteiger partial charge in [-0.25, -0.2) is 4.79 Å². The Hall–Kier alpha value is -1.26. The molecule has 4 N–H and O–H groups in total. The van der Waals surface area contributed by atoms with E-state index in [1.807, 2.05) is 0 Å². The van der Waals surface area contributed by atoms with E-state index in [1.54, 1.807) is 4.90 Å². The number of urea groups is 1. The van der Waals surface area contributed by atoms with Crippen LogP contribution in [-0.4, -0.2) is 35.9 Å². The Morgan fingerprint density at radius 3 is 2.94 bits per heavy atom. The minimum atomic E-state index is -0.199. The normalized spacial score (nSPS) is 20.6. The minimum Gasteiger partial charge on any atom is -0.386 e. The summed E-state index contributed by atoms with van der Waals surface area (Å²) in [7, 11) is 0. The number of unbranched alkanes of at least 4 members (excludes halogenated alkanes) is 1. The highest BCUT2D eigenvalue weighted by Gasteiger charge is 2.28. The molecule has 0 aliphatic carbocycles. The molecule has 0 aromatic rings. The molecule has 16 heavy (non-hydrogen) atoms. The van der Waals surface area contributed by atoms with Crippen LogP contribution in [0.3, 0.4) is 0 Å². The van der Waals surface area contributed by atoms with Crippen LogP contribution in [0.1, 0.15) is 39.0 Å². The van der Waals surface area contributed by atoms with Crippen LogP contribution in [0.15, 0.2) is 0 Å². The predicted octanol–water partition coefficient (Wildman–Crippen LogP) is 1.29. The molecule has 0 spiro atoms.